The Morgan fingerprint density at radius 3 is 2.54 bits per heavy atom. The Kier molecular flexibility index (Phi) is 8.99. The van der Waals surface area contributed by atoms with Crippen LogP contribution in [0, 0.1) is 18.8 Å². The number of rotatable bonds is 9. The number of unbranched alkanes of at least 4 members (excludes halogenated alkanes) is 1. The van der Waals surface area contributed by atoms with Crippen molar-refractivity contribution >= 4 is 23.0 Å². The maximum Gasteiger partial charge on any atom is 0.407 e. The van der Waals surface area contributed by atoms with Crippen molar-refractivity contribution in [3.8, 4) is 5.75 Å². The summed E-state index contributed by atoms with van der Waals surface area (Å²) in [7, 11) is 0. The van der Waals surface area contributed by atoms with Gasteiger partial charge < -0.3 is 19.2 Å². The number of esters is 1. The number of hydrogen-bond acceptors (Lipinski definition) is 6. The van der Waals surface area contributed by atoms with Crippen LogP contribution in [0.3, 0.4) is 0 Å². The zero-order valence-corrected chi connectivity index (χ0v) is 21.6. The van der Waals surface area contributed by atoms with Crippen LogP contribution >= 0.6 is 0 Å². The normalized spacial score (nSPS) is 17.4. The van der Waals surface area contributed by atoms with Crippen LogP contribution in [0.1, 0.15) is 62.1 Å². The first-order valence-corrected chi connectivity index (χ1v) is 13.2. The van der Waals surface area contributed by atoms with E-state index in [1.807, 2.05) is 43.3 Å². The quantitative estimate of drug-likeness (QED) is 0.215. The van der Waals surface area contributed by atoms with Gasteiger partial charge in [0.05, 0.1) is 5.92 Å². The van der Waals surface area contributed by atoms with Crippen LogP contribution in [0.25, 0.3) is 11.0 Å². The first kappa shape index (κ1) is 26.5. The van der Waals surface area contributed by atoms with Crippen LogP contribution in [0.5, 0.6) is 5.75 Å². The minimum atomic E-state index is -0.429. The molecule has 196 valence electrons. The van der Waals surface area contributed by atoms with E-state index in [-0.39, 0.29) is 24.1 Å². The van der Waals surface area contributed by atoms with E-state index in [2.05, 4.69) is 12.2 Å². The van der Waals surface area contributed by atoms with Gasteiger partial charge in [-0.1, -0.05) is 43.7 Å². The molecule has 1 heterocycles. The van der Waals surface area contributed by atoms with E-state index in [9.17, 15) is 14.4 Å². The number of benzene rings is 2. The molecule has 1 saturated carbocycles. The minimum Gasteiger partial charge on any atom is -0.445 e. The molecular weight excluding hydrogens is 470 g/mol. The van der Waals surface area contributed by atoms with Gasteiger partial charge in [-0.2, -0.15) is 0 Å². The van der Waals surface area contributed by atoms with Crippen LogP contribution in [-0.2, 0) is 22.6 Å². The summed E-state index contributed by atoms with van der Waals surface area (Å²) in [6.45, 7) is 4.69. The molecule has 0 radical (unpaired) electrons. The number of nitrogens with one attached hydrogen (secondary N) is 1. The summed E-state index contributed by atoms with van der Waals surface area (Å²) < 4.78 is 16.5. The van der Waals surface area contributed by atoms with Crippen LogP contribution in [-0.4, -0.2) is 18.6 Å². The van der Waals surface area contributed by atoms with Crippen LogP contribution in [0.15, 0.2) is 57.7 Å². The number of carbonyl (C=O) groups is 2. The van der Waals surface area contributed by atoms with Crippen LogP contribution < -0.4 is 15.7 Å². The van der Waals surface area contributed by atoms with Crippen molar-refractivity contribution in [3.05, 3.63) is 75.6 Å². The highest BCUT2D eigenvalue weighted by atomic mass is 16.5. The average Bonchev–Trinajstić information content (AvgIpc) is 2.92. The molecule has 1 aliphatic carbocycles. The van der Waals surface area contributed by atoms with Gasteiger partial charge in [-0.3, -0.25) is 4.79 Å². The number of carbonyl (C=O) groups excluding carboxylic acids is 2. The molecule has 0 atom stereocenters. The highest BCUT2D eigenvalue weighted by Gasteiger charge is 2.28. The molecule has 7 nitrogen and oxygen atoms in total. The minimum absolute atomic E-state index is 0.195. The van der Waals surface area contributed by atoms with Gasteiger partial charge in [0.1, 0.15) is 17.9 Å². The number of fused-ring (bicyclic) bond motifs is 1. The number of ether oxygens (including phenoxy) is 2. The van der Waals surface area contributed by atoms with Gasteiger partial charge in [0.25, 0.3) is 0 Å². The second-order valence-corrected chi connectivity index (χ2v) is 9.84. The largest absolute Gasteiger partial charge is 0.445 e. The van der Waals surface area contributed by atoms with Crippen molar-refractivity contribution < 1.29 is 23.5 Å². The summed E-state index contributed by atoms with van der Waals surface area (Å²) >= 11 is 0. The topological polar surface area (TPSA) is 94.8 Å². The van der Waals surface area contributed by atoms with Gasteiger partial charge in [0.2, 0.25) is 0 Å². The third-order valence-corrected chi connectivity index (χ3v) is 7.14. The summed E-state index contributed by atoms with van der Waals surface area (Å²) in [6, 6.07) is 14.8. The molecule has 4 rings (SSSR count). The molecule has 0 saturated heterocycles. The fraction of sp³-hybridized carbons (Fsp3) is 0.433. The van der Waals surface area contributed by atoms with E-state index >= 15 is 0 Å². The van der Waals surface area contributed by atoms with Crippen molar-refractivity contribution in [3.63, 3.8) is 0 Å². The summed E-state index contributed by atoms with van der Waals surface area (Å²) in [5, 5.41) is 3.73. The van der Waals surface area contributed by atoms with Crippen molar-refractivity contribution in [2.45, 2.75) is 65.4 Å². The molecule has 0 bridgehead atoms. The van der Waals surface area contributed by atoms with Crippen LogP contribution in [0.2, 0.25) is 0 Å². The van der Waals surface area contributed by atoms with Gasteiger partial charge in [-0.25, -0.2) is 9.59 Å². The molecule has 37 heavy (non-hydrogen) atoms. The standard InChI is InChI=1S/C30H35NO6/c1-3-4-10-24-17-27(32)37-28-20(2)26(16-15-25(24)28)36-29(33)23-13-11-21(12-14-23)18-31-30(34)35-19-22-8-6-5-7-9-22/h5-9,15-17,21,23H,3-4,10-14,18-19H2,1-2H3,(H,31,34). The highest BCUT2D eigenvalue weighted by molar-refractivity contribution is 5.86. The predicted molar refractivity (Wildman–Crippen MR) is 142 cm³/mol. The molecule has 1 fully saturated rings. The van der Waals surface area contributed by atoms with E-state index in [1.165, 1.54) is 0 Å². The molecule has 3 aromatic rings. The molecule has 2 aromatic carbocycles. The van der Waals surface area contributed by atoms with Gasteiger partial charge in [0, 0.05) is 23.6 Å². The lowest BCUT2D eigenvalue weighted by atomic mass is 9.82. The van der Waals surface area contributed by atoms with E-state index in [1.54, 1.807) is 12.1 Å². The second-order valence-electron chi connectivity index (χ2n) is 9.84. The van der Waals surface area contributed by atoms with Crippen molar-refractivity contribution in [2.24, 2.45) is 11.8 Å². The van der Waals surface area contributed by atoms with E-state index in [4.69, 9.17) is 13.9 Å². The number of alkyl carbamates (subject to hydrolysis) is 1. The summed E-state index contributed by atoms with van der Waals surface area (Å²) in [5.74, 6) is 0.268. The maximum absolute atomic E-state index is 12.9. The zero-order valence-electron chi connectivity index (χ0n) is 21.6. The summed E-state index contributed by atoms with van der Waals surface area (Å²) in [5.41, 5.74) is 2.66. The van der Waals surface area contributed by atoms with Gasteiger partial charge in [-0.15, -0.1) is 0 Å². The summed E-state index contributed by atoms with van der Waals surface area (Å²) in [6.07, 6.45) is 5.45. The second kappa shape index (κ2) is 12.6. The zero-order chi connectivity index (χ0) is 26.2. The number of aryl methyl sites for hydroxylation is 2. The Balaban J connectivity index is 1.27. The van der Waals surface area contributed by atoms with Gasteiger partial charge >= 0.3 is 17.7 Å². The fourth-order valence-corrected chi connectivity index (χ4v) is 4.89. The van der Waals surface area contributed by atoms with Gasteiger partial charge in [0.15, 0.2) is 0 Å². The Morgan fingerprint density at radius 2 is 1.81 bits per heavy atom. The number of amides is 1. The maximum atomic E-state index is 12.9. The summed E-state index contributed by atoms with van der Waals surface area (Å²) in [4.78, 5) is 37.1. The average molecular weight is 506 g/mol. The lowest BCUT2D eigenvalue weighted by Crippen LogP contribution is -2.33. The van der Waals surface area contributed by atoms with E-state index in [0.717, 1.165) is 48.6 Å². The van der Waals surface area contributed by atoms with Gasteiger partial charge in [-0.05, 0) is 74.6 Å². The molecule has 1 amide bonds. The van der Waals surface area contributed by atoms with Crippen molar-refractivity contribution in [1.82, 2.24) is 5.32 Å². The molecule has 0 unspecified atom stereocenters. The third kappa shape index (κ3) is 7.00. The van der Waals surface area contributed by atoms with Crippen LogP contribution in [0.4, 0.5) is 4.79 Å². The fourth-order valence-electron chi connectivity index (χ4n) is 4.89. The lowest BCUT2D eigenvalue weighted by Gasteiger charge is -2.27. The monoisotopic (exact) mass is 505 g/mol. The first-order chi connectivity index (χ1) is 17.9. The van der Waals surface area contributed by atoms with E-state index in [0.29, 0.717) is 42.2 Å². The smallest absolute Gasteiger partial charge is 0.407 e. The first-order valence-electron chi connectivity index (χ1n) is 13.2. The Labute approximate surface area is 217 Å². The van der Waals surface area contributed by atoms with E-state index < -0.39 is 6.09 Å². The molecular formula is C30H35NO6. The predicted octanol–water partition coefficient (Wildman–Crippen LogP) is 6.08. The Bertz CT molecular complexity index is 1270. The Morgan fingerprint density at radius 1 is 1.05 bits per heavy atom. The molecule has 1 aromatic heterocycles. The SMILES string of the molecule is CCCCc1cc(=O)oc2c(C)c(OC(=O)C3CCC(CNC(=O)OCc4ccccc4)CC3)ccc12. The number of hydrogen-bond donors (Lipinski definition) is 1. The highest BCUT2D eigenvalue weighted by Crippen LogP contribution is 2.33. The van der Waals surface area contributed by atoms with Crippen molar-refractivity contribution in [1.29, 1.82) is 0 Å². The Hall–Kier alpha value is -3.61. The third-order valence-electron chi connectivity index (χ3n) is 7.14. The lowest BCUT2D eigenvalue weighted by molar-refractivity contribution is -0.140. The molecule has 1 aliphatic rings. The van der Waals surface area contributed by atoms with Crippen molar-refractivity contribution in [2.75, 3.05) is 6.54 Å². The molecule has 0 aliphatic heterocycles. The molecule has 7 heteroatoms. The molecule has 1 N–H and O–H groups in total. The molecule has 0 spiro atoms.